The minimum atomic E-state index is 0.526. The number of benzene rings is 1. The second-order valence-electron chi connectivity index (χ2n) is 5.41. The number of aromatic nitrogens is 1. The van der Waals surface area contributed by atoms with E-state index in [1.54, 1.807) is 0 Å². The highest BCUT2D eigenvalue weighted by Crippen LogP contribution is 2.25. The molecule has 0 saturated carbocycles. The quantitative estimate of drug-likeness (QED) is 0.888. The monoisotopic (exact) mass is 277 g/mol. The summed E-state index contributed by atoms with van der Waals surface area (Å²) in [6.07, 6.45) is 0. The average molecular weight is 277 g/mol. The van der Waals surface area contributed by atoms with Gasteiger partial charge in [0.2, 0.25) is 0 Å². The number of nitriles is 1. The molecule has 2 rings (SSSR count). The standard InChI is InChI=1S/C18H19N3/c1-11(2)17-9-15(10-19)18(20-14(17)5)21-16-7-12(3)6-13(4)8-16/h6-9H,1H2,2-5H3,(H,20,21). The predicted octanol–water partition coefficient (Wildman–Crippen LogP) is 4.66. The molecule has 3 heteroatoms. The van der Waals surface area contributed by atoms with Crippen molar-refractivity contribution in [1.29, 1.82) is 5.26 Å². The molecule has 0 unspecified atom stereocenters. The van der Waals surface area contributed by atoms with Crippen molar-refractivity contribution in [1.82, 2.24) is 4.98 Å². The van der Waals surface area contributed by atoms with Crippen LogP contribution >= 0.6 is 0 Å². The van der Waals surface area contributed by atoms with Crippen molar-refractivity contribution in [3.05, 3.63) is 58.8 Å². The number of anilines is 2. The molecule has 21 heavy (non-hydrogen) atoms. The van der Waals surface area contributed by atoms with E-state index >= 15 is 0 Å². The van der Waals surface area contributed by atoms with Crippen LogP contribution in [0.5, 0.6) is 0 Å². The maximum absolute atomic E-state index is 9.34. The highest BCUT2D eigenvalue weighted by atomic mass is 15.0. The molecule has 3 nitrogen and oxygen atoms in total. The van der Waals surface area contributed by atoms with Gasteiger partial charge in [0.15, 0.2) is 0 Å². The zero-order chi connectivity index (χ0) is 15.6. The summed E-state index contributed by atoms with van der Waals surface area (Å²) in [5, 5.41) is 12.6. The molecular weight excluding hydrogens is 258 g/mol. The Balaban J connectivity index is 2.47. The molecule has 1 heterocycles. The van der Waals surface area contributed by atoms with Crippen LogP contribution in [-0.2, 0) is 0 Å². The number of rotatable bonds is 3. The molecule has 0 atom stereocenters. The van der Waals surface area contributed by atoms with E-state index < -0.39 is 0 Å². The molecule has 106 valence electrons. The van der Waals surface area contributed by atoms with Gasteiger partial charge in [0.25, 0.3) is 0 Å². The van der Waals surface area contributed by atoms with Gasteiger partial charge in [0.1, 0.15) is 11.9 Å². The Bertz CT molecular complexity index is 732. The Kier molecular flexibility index (Phi) is 4.09. The minimum absolute atomic E-state index is 0.526. The van der Waals surface area contributed by atoms with E-state index in [9.17, 15) is 5.26 Å². The Morgan fingerprint density at radius 2 is 1.76 bits per heavy atom. The van der Waals surface area contributed by atoms with Crippen molar-refractivity contribution in [3.8, 4) is 6.07 Å². The van der Waals surface area contributed by atoms with Gasteiger partial charge in [-0.25, -0.2) is 4.98 Å². The van der Waals surface area contributed by atoms with E-state index in [-0.39, 0.29) is 0 Å². The van der Waals surface area contributed by atoms with Crippen LogP contribution in [0.3, 0.4) is 0 Å². The first-order valence-corrected chi connectivity index (χ1v) is 6.83. The highest BCUT2D eigenvalue weighted by molar-refractivity contribution is 5.70. The van der Waals surface area contributed by atoms with E-state index in [1.165, 1.54) is 11.1 Å². The van der Waals surface area contributed by atoms with Crippen molar-refractivity contribution >= 4 is 17.1 Å². The molecule has 0 amide bonds. The van der Waals surface area contributed by atoms with E-state index in [1.807, 2.05) is 45.9 Å². The van der Waals surface area contributed by atoms with Gasteiger partial charge in [-0.15, -0.1) is 0 Å². The van der Waals surface area contributed by atoms with Crippen LogP contribution in [0.2, 0.25) is 0 Å². The second-order valence-corrected chi connectivity index (χ2v) is 5.41. The van der Waals surface area contributed by atoms with E-state index in [0.29, 0.717) is 11.4 Å². The van der Waals surface area contributed by atoms with Gasteiger partial charge in [-0.3, -0.25) is 0 Å². The van der Waals surface area contributed by atoms with Crippen LogP contribution < -0.4 is 5.32 Å². The lowest BCUT2D eigenvalue weighted by atomic mass is 10.0. The zero-order valence-corrected chi connectivity index (χ0v) is 12.9. The fraction of sp³-hybridized carbons (Fsp3) is 0.222. The fourth-order valence-electron chi connectivity index (χ4n) is 2.40. The largest absolute Gasteiger partial charge is 0.339 e. The summed E-state index contributed by atoms with van der Waals surface area (Å²) in [7, 11) is 0. The number of nitrogens with one attached hydrogen (secondary N) is 1. The molecule has 1 N–H and O–H groups in total. The molecular formula is C18H19N3. The Labute approximate surface area is 126 Å². The summed E-state index contributed by atoms with van der Waals surface area (Å²) < 4.78 is 0. The molecule has 0 radical (unpaired) electrons. The SMILES string of the molecule is C=C(C)c1cc(C#N)c(Nc2cc(C)cc(C)c2)nc1C. The molecule has 0 aliphatic heterocycles. The van der Waals surface area contributed by atoms with E-state index in [2.05, 4.69) is 29.0 Å². The number of nitrogens with zero attached hydrogens (tertiary/aromatic N) is 2. The topological polar surface area (TPSA) is 48.7 Å². The number of hydrogen-bond acceptors (Lipinski definition) is 3. The molecule has 0 spiro atoms. The Morgan fingerprint density at radius 1 is 1.14 bits per heavy atom. The molecule has 0 fully saturated rings. The Morgan fingerprint density at radius 3 is 2.29 bits per heavy atom. The van der Waals surface area contributed by atoms with Crippen LogP contribution in [0.4, 0.5) is 11.5 Å². The van der Waals surface area contributed by atoms with Crippen LogP contribution in [0, 0.1) is 32.1 Å². The maximum atomic E-state index is 9.34. The lowest BCUT2D eigenvalue weighted by Gasteiger charge is -2.12. The summed E-state index contributed by atoms with van der Waals surface area (Å²) in [5.41, 5.74) is 6.52. The number of hydrogen-bond donors (Lipinski definition) is 1. The minimum Gasteiger partial charge on any atom is -0.339 e. The lowest BCUT2D eigenvalue weighted by Crippen LogP contribution is -2.01. The van der Waals surface area contributed by atoms with E-state index in [0.717, 1.165) is 22.5 Å². The van der Waals surface area contributed by atoms with Gasteiger partial charge in [-0.2, -0.15) is 5.26 Å². The third kappa shape index (κ3) is 3.29. The van der Waals surface area contributed by atoms with Crippen molar-refractivity contribution in [3.63, 3.8) is 0 Å². The van der Waals surface area contributed by atoms with Gasteiger partial charge in [0.05, 0.1) is 5.56 Å². The highest BCUT2D eigenvalue weighted by Gasteiger charge is 2.10. The Hall–Kier alpha value is -2.60. The molecule has 1 aromatic heterocycles. The van der Waals surface area contributed by atoms with Crippen molar-refractivity contribution in [2.75, 3.05) is 5.32 Å². The second kappa shape index (κ2) is 5.80. The third-order valence-electron chi connectivity index (χ3n) is 3.28. The van der Waals surface area contributed by atoms with Crippen molar-refractivity contribution in [2.24, 2.45) is 0 Å². The first kappa shape index (κ1) is 14.8. The van der Waals surface area contributed by atoms with Crippen LogP contribution in [0.15, 0.2) is 30.8 Å². The van der Waals surface area contributed by atoms with Crippen molar-refractivity contribution < 1.29 is 0 Å². The first-order valence-electron chi connectivity index (χ1n) is 6.83. The summed E-state index contributed by atoms with van der Waals surface area (Å²) in [6, 6.07) is 10.2. The summed E-state index contributed by atoms with van der Waals surface area (Å²) >= 11 is 0. The van der Waals surface area contributed by atoms with Gasteiger partial charge >= 0.3 is 0 Å². The van der Waals surface area contributed by atoms with Gasteiger partial charge in [-0.1, -0.05) is 12.6 Å². The number of aryl methyl sites for hydroxylation is 3. The van der Waals surface area contributed by atoms with E-state index in [4.69, 9.17) is 0 Å². The molecule has 2 aromatic rings. The van der Waals surface area contributed by atoms with Crippen LogP contribution in [-0.4, -0.2) is 4.98 Å². The van der Waals surface area contributed by atoms with Gasteiger partial charge < -0.3 is 5.32 Å². The zero-order valence-electron chi connectivity index (χ0n) is 12.9. The van der Waals surface area contributed by atoms with Crippen LogP contribution in [0.1, 0.15) is 34.9 Å². The number of pyridine rings is 1. The normalized spacial score (nSPS) is 10.0. The molecule has 0 aliphatic rings. The van der Waals surface area contributed by atoms with Gasteiger partial charge in [0, 0.05) is 11.4 Å². The fourth-order valence-corrected chi connectivity index (χ4v) is 2.40. The molecule has 0 aliphatic carbocycles. The van der Waals surface area contributed by atoms with Gasteiger partial charge in [-0.05, 0) is 68.2 Å². The molecule has 0 saturated heterocycles. The summed E-state index contributed by atoms with van der Waals surface area (Å²) in [6.45, 7) is 11.9. The lowest BCUT2D eigenvalue weighted by molar-refractivity contribution is 1.17. The predicted molar refractivity (Wildman–Crippen MR) is 87.6 cm³/mol. The third-order valence-corrected chi connectivity index (χ3v) is 3.28. The molecule has 1 aromatic carbocycles. The average Bonchev–Trinajstić information content (AvgIpc) is 2.37. The smallest absolute Gasteiger partial charge is 0.148 e. The van der Waals surface area contributed by atoms with Crippen LogP contribution in [0.25, 0.3) is 5.57 Å². The first-order chi connectivity index (χ1) is 9.90. The van der Waals surface area contributed by atoms with Crippen molar-refractivity contribution in [2.45, 2.75) is 27.7 Å². The number of allylic oxidation sites excluding steroid dienone is 1. The summed E-state index contributed by atoms with van der Waals surface area (Å²) in [5.74, 6) is 0.588. The maximum Gasteiger partial charge on any atom is 0.148 e. The summed E-state index contributed by atoms with van der Waals surface area (Å²) in [4.78, 5) is 4.53. The molecule has 0 bridgehead atoms.